The topological polar surface area (TPSA) is 44.8 Å². The van der Waals surface area contributed by atoms with Crippen molar-refractivity contribution in [3.63, 3.8) is 0 Å². The number of nitrogens with zero attached hydrogens (tertiary/aromatic N) is 2. The van der Waals surface area contributed by atoms with Gasteiger partial charge in [-0.15, -0.1) is 0 Å². The molecule has 1 aliphatic heterocycles. The average molecular weight is 345 g/mol. The van der Waals surface area contributed by atoms with Gasteiger partial charge in [0.1, 0.15) is 6.61 Å². The number of nitrogens with one attached hydrogen (secondary N) is 1. The van der Waals surface area contributed by atoms with Gasteiger partial charge in [-0.1, -0.05) is 31.0 Å². The predicted octanol–water partition coefficient (Wildman–Crippen LogP) is 2.27. The summed E-state index contributed by atoms with van der Waals surface area (Å²) in [5.41, 5.74) is 1.30. The third-order valence-electron chi connectivity index (χ3n) is 5.41. The normalized spacial score (nSPS) is 20.6. The molecule has 0 bridgehead atoms. The summed E-state index contributed by atoms with van der Waals surface area (Å²) in [6.45, 7) is 7.23. The smallest absolute Gasteiger partial charge is 0.246 e. The van der Waals surface area contributed by atoms with E-state index in [1.807, 2.05) is 0 Å². The summed E-state index contributed by atoms with van der Waals surface area (Å²) >= 11 is 0. The number of piperazine rings is 1. The Hall–Kier alpha value is -1.59. The summed E-state index contributed by atoms with van der Waals surface area (Å²) in [6, 6.07) is 10.9. The summed E-state index contributed by atoms with van der Waals surface area (Å²) in [7, 11) is 0. The number of para-hydroxylation sites is 1. The van der Waals surface area contributed by atoms with E-state index in [-0.39, 0.29) is 12.5 Å². The number of amides is 1. The van der Waals surface area contributed by atoms with Gasteiger partial charge in [0, 0.05) is 44.5 Å². The molecule has 0 spiro atoms. The second-order valence-corrected chi connectivity index (χ2v) is 7.23. The Balaban J connectivity index is 1.33. The molecule has 2 aliphatic rings. The standard InChI is InChI=1S/C20H31N3O2/c1-17(15-21-20(24)16-25-19-9-5-6-10-19)22-11-13-23(14-12-22)18-7-3-2-4-8-18/h2-4,7-8,17,19H,5-6,9-16H2,1H3,(H,21,24)/t17-/m0/s1. The highest BCUT2D eigenvalue weighted by Gasteiger charge is 2.22. The molecule has 1 amide bonds. The molecule has 1 aromatic rings. The molecule has 1 saturated carbocycles. The number of carbonyl (C=O) groups is 1. The molecule has 1 N–H and O–H groups in total. The van der Waals surface area contributed by atoms with E-state index >= 15 is 0 Å². The maximum absolute atomic E-state index is 12.0. The molecule has 1 aromatic carbocycles. The fraction of sp³-hybridized carbons (Fsp3) is 0.650. The SMILES string of the molecule is C[C@@H](CNC(=O)COC1CCCC1)N1CCN(c2ccccc2)CC1. The van der Waals surface area contributed by atoms with Gasteiger partial charge in [-0.25, -0.2) is 0 Å². The van der Waals surface area contributed by atoms with E-state index in [2.05, 4.69) is 52.4 Å². The van der Waals surface area contributed by atoms with E-state index < -0.39 is 0 Å². The molecule has 1 saturated heterocycles. The largest absolute Gasteiger partial charge is 0.369 e. The Morgan fingerprint density at radius 3 is 2.52 bits per heavy atom. The van der Waals surface area contributed by atoms with Crippen LogP contribution < -0.4 is 10.2 Å². The predicted molar refractivity (Wildman–Crippen MR) is 101 cm³/mol. The van der Waals surface area contributed by atoms with Crippen LogP contribution in [0.15, 0.2) is 30.3 Å². The molecule has 2 fully saturated rings. The van der Waals surface area contributed by atoms with Gasteiger partial charge in [0.05, 0.1) is 6.10 Å². The van der Waals surface area contributed by atoms with Crippen molar-refractivity contribution < 1.29 is 9.53 Å². The summed E-state index contributed by atoms with van der Waals surface area (Å²) in [6.07, 6.45) is 4.98. The number of carbonyl (C=O) groups excluding carboxylic acids is 1. The second kappa shape index (κ2) is 9.20. The lowest BCUT2D eigenvalue weighted by Gasteiger charge is -2.39. The Morgan fingerprint density at radius 2 is 1.84 bits per heavy atom. The Labute approximate surface area is 151 Å². The fourth-order valence-electron chi connectivity index (χ4n) is 3.75. The summed E-state index contributed by atoms with van der Waals surface area (Å²) in [4.78, 5) is 16.8. The van der Waals surface area contributed by atoms with E-state index in [0.29, 0.717) is 18.7 Å². The Kier molecular flexibility index (Phi) is 6.70. The lowest BCUT2D eigenvalue weighted by atomic mass is 10.2. The first-order valence-electron chi connectivity index (χ1n) is 9.65. The first kappa shape index (κ1) is 18.2. The fourth-order valence-corrected chi connectivity index (χ4v) is 3.75. The molecular formula is C20H31N3O2. The zero-order chi connectivity index (χ0) is 17.5. The van der Waals surface area contributed by atoms with Crippen LogP contribution in [0.1, 0.15) is 32.6 Å². The molecule has 1 aliphatic carbocycles. The molecule has 25 heavy (non-hydrogen) atoms. The summed E-state index contributed by atoms with van der Waals surface area (Å²) in [5, 5.41) is 3.03. The van der Waals surface area contributed by atoms with Crippen LogP contribution in [0, 0.1) is 0 Å². The molecule has 5 nitrogen and oxygen atoms in total. The van der Waals surface area contributed by atoms with Crippen molar-refractivity contribution in [2.75, 3.05) is 44.2 Å². The zero-order valence-corrected chi connectivity index (χ0v) is 15.3. The molecule has 0 unspecified atom stereocenters. The van der Waals surface area contributed by atoms with Gasteiger partial charge in [0.15, 0.2) is 0 Å². The Bertz CT molecular complexity index is 523. The maximum atomic E-state index is 12.0. The van der Waals surface area contributed by atoms with Crippen LogP contribution in [0.5, 0.6) is 0 Å². The van der Waals surface area contributed by atoms with E-state index in [1.165, 1.54) is 18.5 Å². The second-order valence-electron chi connectivity index (χ2n) is 7.23. The number of benzene rings is 1. The first-order chi connectivity index (χ1) is 12.2. The van der Waals surface area contributed by atoms with Crippen LogP contribution in [-0.2, 0) is 9.53 Å². The van der Waals surface area contributed by atoms with Crippen LogP contribution >= 0.6 is 0 Å². The molecule has 1 heterocycles. The van der Waals surface area contributed by atoms with Gasteiger partial charge in [0.2, 0.25) is 5.91 Å². The monoisotopic (exact) mass is 345 g/mol. The van der Waals surface area contributed by atoms with E-state index in [0.717, 1.165) is 39.0 Å². The first-order valence-corrected chi connectivity index (χ1v) is 9.65. The highest BCUT2D eigenvalue weighted by molar-refractivity contribution is 5.77. The van der Waals surface area contributed by atoms with Gasteiger partial charge >= 0.3 is 0 Å². The lowest BCUT2D eigenvalue weighted by Crippen LogP contribution is -2.52. The van der Waals surface area contributed by atoms with Crippen LogP contribution in [0.2, 0.25) is 0 Å². The molecule has 0 aromatic heterocycles. The molecule has 3 rings (SSSR count). The summed E-state index contributed by atoms with van der Waals surface area (Å²) in [5.74, 6) is 0.0154. The lowest BCUT2D eigenvalue weighted by molar-refractivity contribution is -0.127. The maximum Gasteiger partial charge on any atom is 0.246 e. The van der Waals surface area contributed by atoms with Crippen molar-refractivity contribution in [1.29, 1.82) is 0 Å². The van der Waals surface area contributed by atoms with Gasteiger partial charge in [0.25, 0.3) is 0 Å². The van der Waals surface area contributed by atoms with Crippen molar-refractivity contribution in [1.82, 2.24) is 10.2 Å². The van der Waals surface area contributed by atoms with Crippen molar-refractivity contribution in [3.05, 3.63) is 30.3 Å². The van der Waals surface area contributed by atoms with Crippen LogP contribution in [0.3, 0.4) is 0 Å². The highest BCUT2D eigenvalue weighted by Crippen LogP contribution is 2.20. The summed E-state index contributed by atoms with van der Waals surface area (Å²) < 4.78 is 5.67. The van der Waals surface area contributed by atoms with Gasteiger partial charge in [-0.2, -0.15) is 0 Å². The number of hydrogen-bond acceptors (Lipinski definition) is 4. The molecular weight excluding hydrogens is 314 g/mol. The van der Waals surface area contributed by atoms with Crippen molar-refractivity contribution in [3.8, 4) is 0 Å². The highest BCUT2D eigenvalue weighted by atomic mass is 16.5. The number of rotatable bonds is 7. The van der Waals surface area contributed by atoms with Crippen molar-refractivity contribution in [2.24, 2.45) is 0 Å². The quantitative estimate of drug-likeness (QED) is 0.823. The molecule has 1 atom stereocenters. The van der Waals surface area contributed by atoms with Crippen LogP contribution in [0.4, 0.5) is 5.69 Å². The Morgan fingerprint density at radius 1 is 1.16 bits per heavy atom. The van der Waals surface area contributed by atoms with Gasteiger partial charge in [-0.05, 0) is 31.9 Å². The number of anilines is 1. The van der Waals surface area contributed by atoms with E-state index in [9.17, 15) is 4.79 Å². The molecule has 5 heteroatoms. The minimum atomic E-state index is 0.0154. The van der Waals surface area contributed by atoms with Crippen LogP contribution in [0.25, 0.3) is 0 Å². The van der Waals surface area contributed by atoms with Gasteiger partial charge in [-0.3, -0.25) is 9.69 Å². The number of hydrogen-bond donors (Lipinski definition) is 1. The van der Waals surface area contributed by atoms with Crippen LogP contribution in [-0.4, -0.2) is 62.3 Å². The minimum Gasteiger partial charge on any atom is -0.369 e. The van der Waals surface area contributed by atoms with E-state index in [1.54, 1.807) is 0 Å². The minimum absolute atomic E-state index is 0.0154. The van der Waals surface area contributed by atoms with Gasteiger partial charge < -0.3 is 15.0 Å². The third kappa shape index (κ3) is 5.44. The zero-order valence-electron chi connectivity index (χ0n) is 15.3. The van der Waals surface area contributed by atoms with Crippen molar-refractivity contribution >= 4 is 11.6 Å². The van der Waals surface area contributed by atoms with E-state index in [4.69, 9.17) is 4.74 Å². The molecule has 0 radical (unpaired) electrons. The average Bonchev–Trinajstić information content (AvgIpc) is 3.19. The number of ether oxygens (including phenoxy) is 1. The molecule has 138 valence electrons. The van der Waals surface area contributed by atoms with Crippen molar-refractivity contribution in [2.45, 2.75) is 44.8 Å². The third-order valence-corrected chi connectivity index (χ3v) is 5.41.